The van der Waals surface area contributed by atoms with Crippen LogP contribution >= 0.6 is 0 Å². The van der Waals surface area contributed by atoms with E-state index in [0.717, 1.165) is 11.3 Å². The molecule has 0 bridgehead atoms. The van der Waals surface area contributed by atoms with Crippen molar-refractivity contribution >= 4 is 0 Å². The van der Waals surface area contributed by atoms with Crippen LogP contribution in [-0.2, 0) is 0 Å². The van der Waals surface area contributed by atoms with Gasteiger partial charge in [0, 0.05) is 0 Å². The van der Waals surface area contributed by atoms with Crippen LogP contribution in [0.3, 0.4) is 0 Å². The minimum Gasteiger partial charge on any atom is -0.497 e. The fourth-order valence-corrected chi connectivity index (χ4v) is 0.891. The Hall–Kier alpha value is -1.58. The SMILES string of the molecule is COc1ccc(ON=O)c(C)c1. The molecule has 1 aromatic carbocycles. The Labute approximate surface area is 70.0 Å². The first-order valence-corrected chi connectivity index (χ1v) is 3.42. The summed E-state index contributed by atoms with van der Waals surface area (Å²) >= 11 is 0. The Balaban J connectivity index is 2.94. The van der Waals surface area contributed by atoms with E-state index >= 15 is 0 Å². The van der Waals surface area contributed by atoms with E-state index in [-0.39, 0.29) is 0 Å². The number of ether oxygens (including phenoxy) is 1. The number of rotatable bonds is 3. The third-order valence-corrected chi connectivity index (χ3v) is 1.52. The molecule has 4 nitrogen and oxygen atoms in total. The third-order valence-electron chi connectivity index (χ3n) is 1.52. The van der Waals surface area contributed by atoms with Crippen molar-refractivity contribution in [3.8, 4) is 11.5 Å². The summed E-state index contributed by atoms with van der Waals surface area (Å²) < 4.78 is 4.96. The molecule has 0 spiro atoms. The molecule has 0 aliphatic rings. The standard InChI is InChI=1S/C8H9NO3/c1-6-5-7(11-2)3-4-8(6)12-9-10/h3-5H,1-2H3. The minimum absolute atomic E-state index is 0.450. The van der Waals surface area contributed by atoms with Gasteiger partial charge in [-0.1, -0.05) is 0 Å². The molecule has 12 heavy (non-hydrogen) atoms. The summed E-state index contributed by atoms with van der Waals surface area (Å²) in [5.74, 6) is 1.18. The van der Waals surface area contributed by atoms with Gasteiger partial charge in [0.15, 0.2) is 11.1 Å². The zero-order valence-corrected chi connectivity index (χ0v) is 6.90. The Kier molecular flexibility index (Phi) is 2.63. The summed E-state index contributed by atoms with van der Waals surface area (Å²) in [7, 11) is 1.58. The normalized spacial score (nSPS) is 9.17. The van der Waals surface area contributed by atoms with E-state index < -0.39 is 0 Å². The molecule has 0 fully saturated rings. The predicted molar refractivity (Wildman–Crippen MR) is 44.2 cm³/mol. The number of hydrogen-bond donors (Lipinski definition) is 0. The number of methoxy groups -OCH3 is 1. The van der Waals surface area contributed by atoms with Gasteiger partial charge in [-0.2, -0.15) is 0 Å². The topological polar surface area (TPSA) is 47.9 Å². The van der Waals surface area contributed by atoms with Gasteiger partial charge in [0.1, 0.15) is 5.75 Å². The van der Waals surface area contributed by atoms with E-state index in [1.165, 1.54) is 0 Å². The van der Waals surface area contributed by atoms with Crippen LogP contribution in [0, 0.1) is 11.8 Å². The Morgan fingerprint density at radius 1 is 1.42 bits per heavy atom. The maximum absolute atomic E-state index is 9.78. The van der Waals surface area contributed by atoms with E-state index in [0.29, 0.717) is 5.75 Å². The van der Waals surface area contributed by atoms with Gasteiger partial charge in [0.2, 0.25) is 0 Å². The first kappa shape index (κ1) is 8.52. The molecule has 0 N–H and O–H groups in total. The molecule has 0 heterocycles. The van der Waals surface area contributed by atoms with Crippen LogP contribution in [0.15, 0.2) is 23.5 Å². The zero-order chi connectivity index (χ0) is 8.97. The maximum Gasteiger partial charge on any atom is 0.164 e. The second-order valence-electron chi connectivity index (χ2n) is 2.30. The molecule has 1 rings (SSSR count). The van der Waals surface area contributed by atoms with Crippen molar-refractivity contribution in [3.63, 3.8) is 0 Å². The molecule has 0 aliphatic carbocycles. The third kappa shape index (κ3) is 1.72. The second-order valence-corrected chi connectivity index (χ2v) is 2.30. The number of benzene rings is 1. The van der Waals surface area contributed by atoms with E-state index in [1.807, 2.05) is 6.92 Å². The Bertz CT molecular complexity index is 286. The highest BCUT2D eigenvalue weighted by atomic mass is 16.7. The van der Waals surface area contributed by atoms with E-state index in [9.17, 15) is 4.91 Å². The van der Waals surface area contributed by atoms with Crippen molar-refractivity contribution in [2.75, 3.05) is 7.11 Å². The molecular formula is C8H9NO3. The van der Waals surface area contributed by atoms with Crippen molar-refractivity contribution in [1.82, 2.24) is 0 Å². The lowest BCUT2D eigenvalue weighted by Gasteiger charge is -2.03. The van der Waals surface area contributed by atoms with Gasteiger partial charge < -0.3 is 9.57 Å². The van der Waals surface area contributed by atoms with Crippen molar-refractivity contribution in [3.05, 3.63) is 28.7 Å². The van der Waals surface area contributed by atoms with Crippen LogP contribution in [0.25, 0.3) is 0 Å². The van der Waals surface area contributed by atoms with Gasteiger partial charge in [-0.3, -0.25) is 0 Å². The van der Waals surface area contributed by atoms with Gasteiger partial charge in [-0.25, -0.2) is 0 Å². The lowest BCUT2D eigenvalue weighted by atomic mass is 10.2. The average Bonchev–Trinajstić information content (AvgIpc) is 2.09. The largest absolute Gasteiger partial charge is 0.497 e. The molecule has 4 heteroatoms. The van der Waals surface area contributed by atoms with Crippen molar-refractivity contribution < 1.29 is 9.57 Å². The molecule has 0 atom stereocenters. The Morgan fingerprint density at radius 3 is 2.67 bits per heavy atom. The highest BCUT2D eigenvalue weighted by molar-refractivity contribution is 5.39. The maximum atomic E-state index is 9.78. The monoisotopic (exact) mass is 167 g/mol. The molecular weight excluding hydrogens is 158 g/mol. The summed E-state index contributed by atoms with van der Waals surface area (Å²) in [4.78, 5) is 14.2. The fourth-order valence-electron chi connectivity index (χ4n) is 0.891. The minimum atomic E-state index is 0.450. The number of hydrogen-bond acceptors (Lipinski definition) is 4. The summed E-state index contributed by atoms with van der Waals surface area (Å²) in [6.07, 6.45) is 0. The number of nitrogens with zero attached hydrogens (tertiary/aromatic N) is 1. The molecule has 0 unspecified atom stereocenters. The number of aryl methyl sites for hydroxylation is 1. The summed E-state index contributed by atoms with van der Waals surface area (Å²) in [6.45, 7) is 1.81. The van der Waals surface area contributed by atoms with Gasteiger partial charge in [0.05, 0.1) is 7.11 Å². The summed E-state index contributed by atoms with van der Waals surface area (Å²) in [5, 5.41) is 2.33. The molecule has 1 aromatic rings. The van der Waals surface area contributed by atoms with Crippen LogP contribution in [-0.4, -0.2) is 7.11 Å². The van der Waals surface area contributed by atoms with Crippen molar-refractivity contribution in [2.24, 2.45) is 5.34 Å². The highest BCUT2D eigenvalue weighted by Gasteiger charge is 2.00. The highest BCUT2D eigenvalue weighted by Crippen LogP contribution is 2.22. The van der Waals surface area contributed by atoms with Crippen molar-refractivity contribution in [1.29, 1.82) is 0 Å². The summed E-state index contributed by atoms with van der Waals surface area (Å²) in [5.41, 5.74) is 0.814. The quantitative estimate of drug-likeness (QED) is 0.511. The predicted octanol–water partition coefficient (Wildman–Crippen LogP) is 2.06. The van der Waals surface area contributed by atoms with Gasteiger partial charge in [-0.15, -0.1) is 4.91 Å². The average molecular weight is 167 g/mol. The van der Waals surface area contributed by atoms with Gasteiger partial charge >= 0.3 is 0 Å². The zero-order valence-electron chi connectivity index (χ0n) is 6.90. The molecule has 64 valence electrons. The second kappa shape index (κ2) is 3.71. The van der Waals surface area contributed by atoms with E-state index in [4.69, 9.17) is 4.74 Å². The van der Waals surface area contributed by atoms with Crippen LogP contribution < -0.4 is 9.57 Å². The molecule has 0 radical (unpaired) electrons. The first-order valence-electron chi connectivity index (χ1n) is 3.42. The lowest BCUT2D eigenvalue weighted by Crippen LogP contribution is -1.87. The van der Waals surface area contributed by atoms with Crippen molar-refractivity contribution in [2.45, 2.75) is 6.92 Å². The molecule has 0 saturated carbocycles. The van der Waals surface area contributed by atoms with E-state index in [2.05, 4.69) is 10.2 Å². The van der Waals surface area contributed by atoms with Gasteiger partial charge in [-0.05, 0) is 30.7 Å². The van der Waals surface area contributed by atoms with E-state index in [1.54, 1.807) is 25.3 Å². The lowest BCUT2D eigenvalue weighted by molar-refractivity contribution is 0.331. The molecule has 0 aromatic heterocycles. The smallest absolute Gasteiger partial charge is 0.164 e. The van der Waals surface area contributed by atoms with Crippen LogP contribution in [0.4, 0.5) is 0 Å². The fraction of sp³-hybridized carbons (Fsp3) is 0.250. The van der Waals surface area contributed by atoms with Crippen LogP contribution in [0.2, 0.25) is 0 Å². The first-order chi connectivity index (χ1) is 5.77. The molecule has 0 saturated heterocycles. The van der Waals surface area contributed by atoms with Gasteiger partial charge in [0.25, 0.3) is 0 Å². The van der Waals surface area contributed by atoms with Crippen LogP contribution in [0.5, 0.6) is 11.5 Å². The molecule has 0 amide bonds. The summed E-state index contributed by atoms with van der Waals surface area (Å²) in [6, 6.07) is 5.10. The molecule has 0 aliphatic heterocycles. The Morgan fingerprint density at radius 2 is 2.17 bits per heavy atom. The van der Waals surface area contributed by atoms with Crippen LogP contribution in [0.1, 0.15) is 5.56 Å².